The number of pyridine rings is 1. The van der Waals surface area contributed by atoms with Crippen LogP contribution in [0.5, 0.6) is 5.88 Å². The van der Waals surface area contributed by atoms with Crippen LogP contribution in [0, 0.1) is 6.92 Å². The zero-order valence-corrected chi connectivity index (χ0v) is 9.63. The molecule has 1 aromatic rings. The summed E-state index contributed by atoms with van der Waals surface area (Å²) in [7, 11) is 1.61. The average molecular weight is 226 g/mol. The lowest BCUT2D eigenvalue weighted by Crippen LogP contribution is -2.16. The van der Waals surface area contributed by atoms with E-state index in [1.807, 2.05) is 13.0 Å². The van der Waals surface area contributed by atoms with Crippen molar-refractivity contribution in [2.75, 3.05) is 20.3 Å². The summed E-state index contributed by atoms with van der Waals surface area (Å²) in [6.07, 6.45) is 1.67. The number of methoxy groups -OCH3 is 1. The summed E-state index contributed by atoms with van der Waals surface area (Å²) in [5.41, 5.74) is 7.26. The minimum atomic E-state index is 0.299. The van der Waals surface area contributed by atoms with Gasteiger partial charge in [0.1, 0.15) is 11.6 Å². The highest BCUT2D eigenvalue weighted by molar-refractivity contribution is 7.80. The van der Waals surface area contributed by atoms with Gasteiger partial charge in [-0.15, -0.1) is 0 Å². The molecule has 5 heteroatoms. The zero-order chi connectivity index (χ0) is 11.3. The molecule has 0 radical (unpaired) electrons. The number of nitrogens with zero attached hydrogens (tertiary/aromatic N) is 1. The van der Waals surface area contributed by atoms with Gasteiger partial charge in [-0.25, -0.2) is 4.98 Å². The Morgan fingerprint density at radius 1 is 1.53 bits per heavy atom. The standard InChI is InChI=1S/C10H14N2O2S/c1-7-3-4-12-10(8(7)9(11)15)14-6-5-13-2/h3-4H,5-6H2,1-2H3,(H2,11,15). The maximum absolute atomic E-state index is 5.60. The molecule has 0 unspecified atom stereocenters. The monoisotopic (exact) mass is 226 g/mol. The first kappa shape index (κ1) is 11.9. The van der Waals surface area contributed by atoms with E-state index in [1.54, 1.807) is 13.3 Å². The highest BCUT2D eigenvalue weighted by atomic mass is 32.1. The first-order chi connectivity index (χ1) is 7.16. The highest BCUT2D eigenvalue weighted by Gasteiger charge is 2.10. The Morgan fingerprint density at radius 3 is 2.87 bits per heavy atom. The van der Waals surface area contributed by atoms with Crippen molar-refractivity contribution in [1.82, 2.24) is 4.98 Å². The van der Waals surface area contributed by atoms with Crippen molar-refractivity contribution >= 4 is 17.2 Å². The lowest BCUT2D eigenvalue weighted by molar-refractivity contribution is 0.143. The Kier molecular flexibility index (Phi) is 4.45. The summed E-state index contributed by atoms with van der Waals surface area (Å²) < 4.78 is 10.3. The van der Waals surface area contributed by atoms with Crippen molar-refractivity contribution in [2.24, 2.45) is 5.73 Å². The highest BCUT2D eigenvalue weighted by Crippen LogP contribution is 2.18. The summed E-state index contributed by atoms with van der Waals surface area (Å²) in [4.78, 5) is 4.39. The number of nitrogens with two attached hydrogens (primary N) is 1. The maximum Gasteiger partial charge on any atom is 0.224 e. The molecule has 1 rings (SSSR count). The first-order valence-electron chi connectivity index (χ1n) is 4.54. The van der Waals surface area contributed by atoms with Gasteiger partial charge in [-0.1, -0.05) is 12.2 Å². The molecule has 82 valence electrons. The Labute approximate surface area is 94.4 Å². The van der Waals surface area contributed by atoms with Gasteiger partial charge in [0.2, 0.25) is 5.88 Å². The van der Waals surface area contributed by atoms with E-state index in [0.29, 0.717) is 29.6 Å². The van der Waals surface area contributed by atoms with Gasteiger partial charge in [0, 0.05) is 13.3 Å². The molecule has 0 saturated carbocycles. The Hall–Kier alpha value is -1.20. The predicted octanol–water partition coefficient (Wildman–Crippen LogP) is 1.05. The molecule has 1 aromatic heterocycles. The third-order valence-corrected chi connectivity index (χ3v) is 2.10. The Morgan fingerprint density at radius 2 is 2.27 bits per heavy atom. The molecule has 0 aliphatic heterocycles. The third kappa shape index (κ3) is 3.14. The van der Waals surface area contributed by atoms with Crippen LogP contribution in [0.15, 0.2) is 12.3 Å². The fourth-order valence-electron chi connectivity index (χ4n) is 1.16. The maximum atomic E-state index is 5.60. The molecule has 0 aromatic carbocycles. The molecule has 4 nitrogen and oxygen atoms in total. The van der Waals surface area contributed by atoms with Crippen LogP contribution in [0.25, 0.3) is 0 Å². The molecule has 15 heavy (non-hydrogen) atoms. The van der Waals surface area contributed by atoms with Crippen molar-refractivity contribution in [2.45, 2.75) is 6.92 Å². The topological polar surface area (TPSA) is 57.4 Å². The van der Waals surface area contributed by atoms with Crippen LogP contribution in [-0.2, 0) is 4.74 Å². The van der Waals surface area contributed by atoms with Crippen LogP contribution in [0.2, 0.25) is 0 Å². The van der Waals surface area contributed by atoms with Crippen LogP contribution in [0.3, 0.4) is 0 Å². The van der Waals surface area contributed by atoms with Gasteiger partial charge >= 0.3 is 0 Å². The van der Waals surface area contributed by atoms with Gasteiger partial charge in [0.15, 0.2) is 0 Å². The van der Waals surface area contributed by atoms with E-state index < -0.39 is 0 Å². The van der Waals surface area contributed by atoms with Crippen molar-refractivity contribution in [3.63, 3.8) is 0 Å². The SMILES string of the molecule is COCCOc1nccc(C)c1C(N)=S. The third-order valence-electron chi connectivity index (χ3n) is 1.90. The molecule has 0 atom stereocenters. The summed E-state index contributed by atoms with van der Waals surface area (Å²) in [5, 5.41) is 0. The van der Waals surface area contributed by atoms with Crippen molar-refractivity contribution in [3.05, 3.63) is 23.4 Å². The van der Waals surface area contributed by atoms with Gasteiger partial charge in [-0.3, -0.25) is 0 Å². The molecular formula is C10H14N2O2S. The van der Waals surface area contributed by atoms with E-state index in [0.717, 1.165) is 5.56 Å². The number of thiocarbonyl (C=S) groups is 1. The van der Waals surface area contributed by atoms with Crippen LogP contribution < -0.4 is 10.5 Å². The molecule has 0 aliphatic rings. The number of hydrogen-bond donors (Lipinski definition) is 1. The molecule has 0 bridgehead atoms. The average Bonchev–Trinajstić information content (AvgIpc) is 2.17. The van der Waals surface area contributed by atoms with E-state index in [1.165, 1.54) is 0 Å². The molecule has 0 spiro atoms. The summed E-state index contributed by atoms with van der Waals surface area (Å²) in [6.45, 7) is 2.86. The lowest BCUT2D eigenvalue weighted by atomic mass is 10.1. The molecule has 2 N–H and O–H groups in total. The van der Waals surface area contributed by atoms with Gasteiger partial charge in [0.25, 0.3) is 0 Å². The molecule has 1 heterocycles. The second kappa shape index (κ2) is 5.63. The fourth-order valence-corrected chi connectivity index (χ4v) is 1.41. The summed E-state index contributed by atoms with van der Waals surface area (Å²) in [6, 6.07) is 1.84. The molecule has 0 saturated heterocycles. The lowest BCUT2D eigenvalue weighted by Gasteiger charge is -2.10. The van der Waals surface area contributed by atoms with E-state index in [9.17, 15) is 0 Å². The van der Waals surface area contributed by atoms with Crippen molar-refractivity contribution in [1.29, 1.82) is 0 Å². The minimum absolute atomic E-state index is 0.299. The Balaban J connectivity index is 2.86. The number of ether oxygens (including phenoxy) is 2. The van der Waals surface area contributed by atoms with Crippen LogP contribution in [0.1, 0.15) is 11.1 Å². The number of aromatic nitrogens is 1. The fraction of sp³-hybridized carbons (Fsp3) is 0.400. The largest absolute Gasteiger partial charge is 0.475 e. The molecule has 0 fully saturated rings. The second-order valence-corrected chi connectivity index (χ2v) is 3.45. The predicted molar refractivity (Wildman–Crippen MR) is 62.2 cm³/mol. The van der Waals surface area contributed by atoms with Crippen LogP contribution in [0.4, 0.5) is 0 Å². The Bertz CT molecular complexity index is 355. The van der Waals surface area contributed by atoms with Gasteiger partial charge in [-0.05, 0) is 18.6 Å². The number of hydrogen-bond acceptors (Lipinski definition) is 4. The first-order valence-corrected chi connectivity index (χ1v) is 4.94. The normalized spacial score (nSPS) is 10.0. The van der Waals surface area contributed by atoms with E-state index >= 15 is 0 Å². The smallest absolute Gasteiger partial charge is 0.224 e. The van der Waals surface area contributed by atoms with E-state index in [4.69, 9.17) is 27.4 Å². The van der Waals surface area contributed by atoms with Gasteiger partial charge < -0.3 is 15.2 Å². The second-order valence-electron chi connectivity index (χ2n) is 3.01. The molecule has 0 aliphatic carbocycles. The minimum Gasteiger partial charge on any atom is -0.475 e. The van der Waals surface area contributed by atoms with Crippen LogP contribution in [-0.4, -0.2) is 30.3 Å². The zero-order valence-electron chi connectivity index (χ0n) is 8.82. The molecule has 0 amide bonds. The van der Waals surface area contributed by atoms with Crippen molar-refractivity contribution in [3.8, 4) is 5.88 Å². The van der Waals surface area contributed by atoms with E-state index in [-0.39, 0.29) is 0 Å². The van der Waals surface area contributed by atoms with Crippen LogP contribution >= 0.6 is 12.2 Å². The quantitative estimate of drug-likeness (QED) is 0.600. The van der Waals surface area contributed by atoms with Crippen molar-refractivity contribution < 1.29 is 9.47 Å². The van der Waals surface area contributed by atoms with Gasteiger partial charge in [-0.2, -0.15) is 0 Å². The number of rotatable bonds is 5. The summed E-state index contributed by atoms with van der Waals surface area (Å²) >= 11 is 4.94. The van der Waals surface area contributed by atoms with E-state index in [2.05, 4.69) is 4.98 Å². The number of aryl methyl sites for hydroxylation is 1. The van der Waals surface area contributed by atoms with Gasteiger partial charge in [0.05, 0.1) is 12.2 Å². The molecular weight excluding hydrogens is 212 g/mol. The summed E-state index contributed by atoms with van der Waals surface area (Å²) in [5.74, 6) is 0.472.